The van der Waals surface area contributed by atoms with Gasteiger partial charge in [-0.3, -0.25) is 4.79 Å². The number of halogens is 3. The number of rotatable bonds is 5. The highest BCUT2D eigenvalue weighted by atomic mass is 19.4. The SMILES string of the molecule is CN(Cc1ccc(C(F)(F)F)cc1)C(=O)C1(Cc2ccccc2)CNC1. The Morgan fingerprint density at radius 2 is 1.65 bits per heavy atom. The molecule has 0 bridgehead atoms. The number of benzene rings is 2. The molecule has 1 aliphatic rings. The van der Waals surface area contributed by atoms with Gasteiger partial charge in [0.1, 0.15) is 0 Å². The molecule has 1 fully saturated rings. The summed E-state index contributed by atoms with van der Waals surface area (Å²) in [4.78, 5) is 14.6. The van der Waals surface area contributed by atoms with E-state index < -0.39 is 17.2 Å². The van der Waals surface area contributed by atoms with Crippen LogP contribution in [0.3, 0.4) is 0 Å². The lowest BCUT2D eigenvalue weighted by atomic mass is 9.75. The highest BCUT2D eigenvalue weighted by molar-refractivity contribution is 5.84. The van der Waals surface area contributed by atoms with Gasteiger partial charge in [-0.15, -0.1) is 0 Å². The summed E-state index contributed by atoms with van der Waals surface area (Å²) >= 11 is 0. The van der Waals surface area contributed by atoms with Crippen LogP contribution in [-0.4, -0.2) is 30.9 Å². The molecule has 1 saturated heterocycles. The predicted octanol–water partition coefficient (Wildman–Crippen LogP) is 3.50. The van der Waals surface area contributed by atoms with Crippen LogP contribution in [-0.2, 0) is 23.9 Å². The number of nitrogens with zero attached hydrogens (tertiary/aromatic N) is 1. The van der Waals surface area contributed by atoms with E-state index in [1.165, 1.54) is 12.1 Å². The second-order valence-corrected chi connectivity index (χ2v) is 6.90. The third kappa shape index (κ3) is 3.90. The third-order valence-corrected chi connectivity index (χ3v) is 4.81. The molecule has 3 nitrogen and oxygen atoms in total. The van der Waals surface area contributed by atoms with E-state index in [-0.39, 0.29) is 12.5 Å². The lowest BCUT2D eigenvalue weighted by Gasteiger charge is -2.43. The van der Waals surface area contributed by atoms with Crippen LogP contribution >= 0.6 is 0 Å². The average molecular weight is 362 g/mol. The Hall–Kier alpha value is -2.34. The Labute approximate surface area is 150 Å². The lowest BCUT2D eigenvalue weighted by molar-refractivity contribution is -0.144. The monoisotopic (exact) mass is 362 g/mol. The maximum absolute atomic E-state index is 13.0. The van der Waals surface area contributed by atoms with E-state index in [1.807, 2.05) is 30.3 Å². The molecule has 0 aliphatic carbocycles. The van der Waals surface area contributed by atoms with Crippen LogP contribution < -0.4 is 5.32 Å². The molecule has 2 aromatic carbocycles. The van der Waals surface area contributed by atoms with Crippen molar-refractivity contribution in [3.8, 4) is 0 Å². The zero-order valence-electron chi connectivity index (χ0n) is 14.5. The van der Waals surface area contributed by atoms with Gasteiger partial charge in [-0.05, 0) is 29.7 Å². The first-order chi connectivity index (χ1) is 12.3. The molecule has 1 N–H and O–H groups in total. The smallest absolute Gasteiger partial charge is 0.341 e. The van der Waals surface area contributed by atoms with Gasteiger partial charge in [0, 0.05) is 26.7 Å². The van der Waals surface area contributed by atoms with Gasteiger partial charge in [-0.1, -0.05) is 42.5 Å². The minimum absolute atomic E-state index is 0.0139. The summed E-state index contributed by atoms with van der Waals surface area (Å²) in [6, 6.07) is 14.8. The number of nitrogens with one attached hydrogen (secondary N) is 1. The van der Waals surface area contributed by atoms with Crippen LogP contribution in [0.15, 0.2) is 54.6 Å². The van der Waals surface area contributed by atoms with E-state index in [0.29, 0.717) is 25.1 Å². The van der Waals surface area contributed by atoms with Crippen molar-refractivity contribution in [3.63, 3.8) is 0 Å². The maximum atomic E-state index is 13.0. The zero-order valence-corrected chi connectivity index (χ0v) is 14.5. The van der Waals surface area contributed by atoms with Crippen molar-refractivity contribution in [2.45, 2.75) is 19.1 Å². The fourth-order valence-corrected chi connectivity index (χ4v) is 3.31. The first-order valence-corrected chi connectivity index (χ1v) is 8.47. The van der Waals surface area contributed by atoms with Gasteiger partial charge >= 0.3 is 6.18 Å². The number of carbonyl (C=O) groups excluding carboxylic acids is 1. The summed E-state index contributed by atoms with van der Waals surface area (Å²) in [6.45, 7) is 1.50. The molecule has 1 amide bonds. The summed E-state index contributed by atoms with van der Waals surface area (Å²) in [5, 5.41) is 3.17. The number of alkyl halides is 3. The molecular formula is C20H21F3N2O. The van der Waals surface area contributed by atoms with E-state index in [0.717, 1.165) is 17.7 Å². The van der Waals surface area contributed by atoms with Crippen LogP contribution in [0.25, 0.3) is 0 Å². The Morgan fingerprint density at radius 1 is 1.04 bits per heavy atom. The van der Waals surface area contributed by atoms with Crippen LogP contribution in [0, 0.1) is 5.41 Å². The molecule has 1 aliphatic heterocycles. The van der Waals surface area contributed by atoms with Gasteiger partial charge in [0.2, 0.25) is 5.91 Å². The molecule has 0 unspecified atom stereocenters. The molecule has 1 heterocycles. The normalized spacial score (nSPS) is 16.0. The van der Waals surface area contributed by atoms with Crippen molar-refractivity contribution in [2.24, 2.45) is 5.41 Å². The molecule has 138 valence electrons. The Kier molecular flexibility index (Phi) is 5.05. The number of hydrogen-bond acceptors (Lipinski definition) is 2. The highest BCUT2D eigenvalue weighted by Crippen LogP contribution is 2.31. The lowest BCUT2D eigenvalue weighted by Crippen LogP contribution is -2.62. The van der Waals surface area contributed by atoms with E-state index in [4.69, 9.17) is 0 Å². The Balaban J connectivity index is 1.68. The fourth-order valence-electron chi connectivity index (χ4n) is 3.31. The molecule has 0 saturated carbocycles. The topological polar surface area (TPSA) is 32.3 Å². The van der Waals surface area contributed by atoms with E-state index >= 15 is 0 Å². The summed E-state index contributed by atoms with van der Waals surface area (Å²) in [5.41, 5.74) is 0.613. The Bertz CT molecular complexity index is 753. The van der Waals surface area contributed by atoms with Gasteiger partial charge < -0.3 is 10.2 Å². The highest BCUT2D eigenvalue weighted by Gasteiger charge is 2.45. The van der Waals surface area contributed by atoms with Gasteiger partial charge in [-0.25, -0.2) is 0 Å². The van der Waals surface area contributed by atoms with Gasteiger partial charge in [0.05, 0.1) is 11.0 Å². The average Bonchev–Trinajstić information content (AvgIpc) is 2.58. The van der Waals surface area contributed by atoms with Gasteiger partial charge in [0.15, 0.2) is 0 Å². The van der Waals surface area contributed by atoms with E-state index in [2.05, 4.69) is 5.32 Å². The first kappa shape index (κ1) is 18.5. The fraction of sp³-hybridized carbons (Fsp3) is 0.350. The van der Waals surface area contributed by atoms with Crippen LogP contribution in [0.2, 0.25) is 0 Å². The minimum atomic E-state index is -4.35. The van der Waals surface area contributed by atoms with Gasteiger partial charge in [-0.2, -0.15) is 13.2 Å². The minimum Gasteiger partial charge on any atom is -0.341 e. The van der Waals surface area contributed by atoms with Crippen molar-refractivity contribution < 1.29 is 18.0 Å². The van der Waals surface area contributed by atoms with Gasteiger partial charge in [0.25, 0.3) is 0 Å². The summed E-state index contributed by atoms with van der Waals surface area (Å²) in [7, 11) is 1.70. The first-order valence-electron chi connectivity index (χ1n) is 8.47. The standard InChI is InChI=1S/C20H21F3N2O/c1-25(12-16-7-9-17(10-8-16)20(21,22)23)18(26)19(13-24-14-19)11-15-5-3-2-4-6-15/h2-10,24H,11-14H2,1H3. The van der Waals surface area contributed by atoms with Crippen molar-refractivity contribution in [1.29, 1.82) is 0 Å². The molecule has 0 radical (unpaired) electrons. The molecule has 0 spiro atoms. The molecule has 6 heteroatoms. The Morgan fingerprint density at radius 3 is 2.15 bits per heavy atom. The van der Waals surface area contributed by atoms with Crippen molar-refractivity contribution in [2.75, 3.05) is 20.1 Å². The number of hydrogen-bond donors (Lipinski definition) is 1. The van der Waals surface area contributed by atoms with Crippen LogP contribution in [0.1, 0.15) is 16.7 Å². The van der Waals surface area contributed by atoms with Crippen molar-refractivity contribution in [3.05, 3.63) is 71.3 Å². The summed E-state index contributed by atoms with van der Waals surface area (Å²) < 4.78 is 38.0. The molecule has 0 atom stereocenters. The van der Waals surface area contributed by atoms with Crippen molar-refractivity contribution in [1.82, 2.24) is 10.2 Å². The van der Waals surface area contributed by atoms with Crippen molar-refractivity contribution >= 4 is 5.91 Å². The largest absolute Gasteiger partial charge is 0.416 e. The number of carbonyl (C=O) groups is 1. The molecule has 3 rings (SSSR count). The van der Waals surface area contributed by atoms with E-state index in [9.17, 15) is 18.0 Å². The molecular weight excluding hydrogens is 341 g/mol. The maximum Gasteiger partial charge on any atom is 0.416 e. The summed E-state index contributed by atoms with van der Waals surface area (Å²) in [6.07, 6.45) is -3.70. The second-order valence-electron chi connectivity index (χ2n) is 6.90. The van der Waals surface area contributed by atoms with Crippen LogP contribution in [0.5, 0.6) is 0 Å². The predicted molar refractivity (Wildman–Crippen MR) is 93.4 cm³/mol. The van der Waals surface area contributed by atoms with Crippen LogP contribution in [0.4, 0.5) is 13.2 Å². The second kappa shape index (κ2) is 7.11. The molecule has 0 aromatic heterocycles. The number of amides is 1. The third-order valence-electron chi connectivity index (χ3n) is 4.81. The molecule has 26 heavy (non-hydrogen) atoms. The quantitative estimate of drug-likeness (QED) is 0.883. The zero-order chi connectivity index (χ0) is 18.8. The van der Waals surface area contributed by atoms with E-state index in [1.54, 1.807) is 11.9 Å². The summed E-state index contributed by atoms with van der Waals surface area (Å²) in [5.74, 6) is 0.0139. The molecule has 2 aromatic rings.